The molecule has 1 aromatic rings. The predicted octanol–water partition coefficient (Wildman–Crippen LogP) is 3.20. The van der Waals surface area contributed by atoms with E-state index in [4.69, 9.17) is 16.3 Å². The zero-order valence-electron chi connectivity index (χ0n) is 11.0. The number of ether oxygens (including phenoxy) is 1. The zero-order valence-corrected chi connectivity index (χ0v) is 11.7. The van der Waals surface area contributed by atoms with Crippen LogP contribution in [0.2, 0.25) is 5.02 Å². The van der Waals surface area contributed by atoms with E-state index in [1.807, 2.05) is 12.1 Å². The molecule has 1 aromatic carbocycles. The highest BCUT2D eigenvalue weighted by Crippen LogP contribution is 2.22. The maximum atomic E-state index is 11.4. The van der Waals surface area contributed by atoms with Gasteiger partial charge in [0.1, 0.15) is 5.75 Å². The minimum Gasteiger partial charge on any atom is -0.496 e. The highest BCUT2D eigenvalue weighted by Gasteiger charge is 2.05. The van der Waals surface area contributed by atoms with E-state index in [9.17, 15) is 4.79 Å². The van der Waals surface area contributed by atoms with Crippen LogP contribution in [0.1, 0.15) is 31.7 Å². The molecule has 4 heteroatoms. The van der Waals surface area contributed by atoms with Crippen molar-refractivity contribution in [3.05, 3.63) is 28.8 Å². The summed E-state index contributed by atoms with van der Waals surface area (Å²) in [5, 5.41) is 3.58. The molecule has 0 atom stereocenters. The smallest absolute Gasteiger partial charge is 0.220 e. The van der Waals surface area contributed by atoms with Crippen molar-refractivity contribution in [2.45, 2.75) is 32.6 Å². The Hall–Kier alpha value is -1.22. The van der Waals surface area contributed by atoms with Crippen LogP contribution in [0, 0.1) is 0 Å². The molecule has 0 fully saturated rings. The number of carbonyl (C=O) groups is 1. The van der Waals surface area contributed by atoms with Gasteiger partial charge in [0, 0.05) is 18.0 Å². The number of unbranched alkanes of at least 4 members (excludes halogenated alkanes) is 1. The third-order valence-corrected chi connectivity index (χ3v) is 2.95. The summed E-state index contributed by atoms with van der Waals surface area (Å²) >= 11 is 5.94. The van der Waals surface area contributed by atoms with Crippen LogP contribution in [0.5, 0.6) is 5.75 Å². The molecular weight excluding hydrogens is 250 g/mol. The van der Waals surface area contributed by atoms with Crippen molar-refractivity contribution in [3.8, 4) is 5.75 Å². The Bertz CT molecular complexity index is 393. The normalized spacial score (nSPS) is 10.2. The molecule has 0 aliphatic heterocycles. The lowest BCUT2D eigenvalue weighted by atomic mass is 10.1. The minimum atomic E-state index is 0.109. The molecule has 0 saturated heterocycles. The van der Waals surface area contributed by atoms with E-state index in [0.717, 1.165) is 30.6 Å². The monoisotopic (exact) mass is 269 g/mol. The van der Waals surface area contributed by atoms with E-state index in [-0.39, 0.29) is 5.91 Å². The molecule has 0 heterocycles. The summed E-state index contributed by atoms with van der Waals surface area (Å²) in [6, 6.07) is 5.51. The standard InChI is InChI=1S/C14H20ClNO2/c1-3-4-5-14(17)16-9-8-11-10-12(15)6-7-13(11)18-2/h6-7,10H,3-5,8-9H2,1-2H3,(H,16,17). The van der Waals surface area contributed by atoms with Crippen molar-refractivity contribution < 1.29 is 9.53 Å². The van der Waals surface area contributed by atoms with Crippen molar-refractivity contribution in [1.29, 1.82) is 0 Å². The molecule has 0 radical (unpaired) electrons. The molecule has 0 aliphatic rings. The van der Waals surface area contributed by atoms with E-state index in [2.05, 4.69) is 12.2 Å². The van der Waals surface area contributed by atoms with Gasteiger partial charge in [0.15, 0.2) is 0 Å². The van der Waals surface area contributed by atoms with Crippen molar-refractivity contribution in [1.82, 2.24) is 5.32 Å². The quantitative estimate of drug-likeness (QED) is 0.826. The Morgan fingerprint density at radius 3 is 2.89 bits per heavy atom. The van der Waals surface area contributed by atoms with Crippen LogP contribution < -0.4 is 10.1 Å². The first-order chi connectivity index (χ1) is 8.67. The second-order valence-corrected chi connectivity index (χ2v) is 4.60. The van der Waals surface area contributed by atoms with Crippen molar-refractivity contribution >= 4 is 17.5 Å². The lowest BCUT2D eigenvalue weighted by Gasteiger charge is -2.09. The van der Waals surface area contributed by atoms with Gasteiger partial charge < -0.3 is 10.1 Å². The fourth-order valence-corrected chi connectivity index (χ4v) is 1.90. The van der Waals surface area contributed by atoms with Gasteiger partial charge in [-0.3, -0.25) is 4.79 Å². The Labute approximate surface area is 113 Å². The molecule has 1 N–H and O–H groups in total. The SMILES string of the molecule is CCCCC(=O)NCCc1cc(Cl)ccc1OC. The second kappa shape index (κ2) is 7.98. The van der Waals surface area contributed by atoms with E-state index < -0.39 is 0 Å². The minimum absolute atomic E-state index is 0.109. The summed E-state index contributed by atoms with van der Waals surface area (Å²) in [4.78, 5) is 11.4. The number of rotatable bonds is 7. The van der Waals surface area contributed by atoms with Crippen LogP contribution in [0.4, 0.5) is 0 Å². The van der Waals surface area contributed by atoms with E-state index in [0.29, 0.717) is 18.0 Å². The maximum Gasteiger partial charge on any atom is 0.220 e. The molecule has 0 aromatic heterocycles. The van der Waals surface area contributed by atoms with Crippen LogP contribution in [-0.4, -0.2) is 19.6 Å². The van der Waals surface area contributed by atoms with Crippen molar-refractivity contribution in [3.63, 3.8) is 0 Å². The molecule has 100 valence electrons. The summed E-state index contributed by atoms with van der Waals surface area (Å²) in [6.07, 6.45) is 3.30. The van der Waals surface area contributed by atoms with Gasteiger partial charge in [-0.1, -0.05) is 24.9 Å². The first kappa shape index (κ1) is 14.8. The van der Waals surface area contributed by atoms with Crippen LogP contribution in [0.15, 0.2) is 18.2 Å². The molecule has 0 aliphatic carbocycles. The lowest BCUT2D eigenvalue weighted by Crippen LogP contribution is -2.25. The summed E-state index contributed by atoms with van der Waals surface area (Å²) in [7, 11) is 1.63. The number of halogens is 1. The Balaban J connectivity index is 2.43. The highest BCUT2D eigenvalue weighted by atomic mass is 35.5. The number of carbonyl (C=O) groups excluding carboxylic acids is 1. The third-order valence-electron chi connectivity index (χ3n) is 2.72. The Morgan fingerprint density at radius 1 is 1.44 bits per heavy atom. The molecular formula is C14H20ClNO2. The summed E-state index contributed by atoms with van der Waals surface area (Å²) in [5.41, 5.74) is 1.01. The van der Waals surface area contributed by atoms with E-state index in [1.165, 1.54) is 0 Å². The first-order valence-corrected chi connectivity index (χ1v) is 6.64. The predicted molar refractivity (Wildman–Crippen MR) is 74.2 cm³/mol. The van der Waals surface area contributed by atoms with Crippen LogP contribution in [0.25, 0.3) is 0 Å². The molecule has 3 nitrogen and oxygen atoms in total. The van der Waals surface area contributed by atoms with Gasteiger partial charge in [-0.05, 0) is 36.6 Å². The number of nitrogens with one attached hydrogen (secondary N) is 1. The molecule has 18 heavy (non-hydrogen) atoms. The van der Waals surface area contributed by atoms with Gasteiger partial charge in [0.05, 0.1) is 7.11 Å². The zero-order chi connectivity index (χ0) is 13.4. The van der Waals surface area contributed by atoms with Gasteiger partial charge in [0.2, 0.25) is 5.91 Å². The van der Waals surface area contributed by atoms with Crippen LogP contribution >= 0.6 is 11.6 Å². The van der Waals surface area contributed by atoms with Gasteiger partial charge >= 0.3 is 0 Å². The fourth-order valence-electron chi connectivity index (χ4n) is 1.70. The topological polar surface area (TPSA) is 38.3 Å². The molecule has 0 bridgehead atoms. The van der Waals surface area contributed by atoms with Gasteiger partial charge in [0.25, 0.3) is 0 Å². The maximum absolute atomic E-state index is 11.4. The molecule has 0 unspecified atom stereocenters. The van der Waals surface area contributed by atoms with Crippen LogP contribution in [0.3, 0.4) is 0 Å². The number of methoxy groups -OCH3 is 1. The Morgan fingerprint density at radius 2 is 2.22 bits per heavy atom. The largest absolute Gasteiger partial charge is 0.496 e. The van der Waals surface area contributed by atoms with E-state index in [1.54, 1.807) is 13.2 Å². The highest BCUT2D eigenvalue weighted by molar-refractivity contribution is 6.30. The first-order valence-electron chi connectivity index (χ1n) is 6.26. The summed E-state index contributed by atoms with van der Waals surface area (Å²) in [5.74, 6) is 0.917. The number of hydrogen-bond acceptors (Lipinski definition) is 2. The molecule has 1 amide bonds. The molecule has 1 rings (SSSR count). The summed E-state index contributed by atoms with van der Waals surface area (Å²) in [6.45, 7) is 2.68. The second-order valence-electron chi connectivity index (χ2n) is 4.16. The average Bonchev–Trinajstić information content (AvgIpc) is 2.36. The number of amides is 1. The lowest BCUT2D eigenvalue weighted by molar-refractivity contribution is -0.121. The summed E-state index contributed by atoms with van der Waals surface area (Å²) < 4.78 is 5.25. The molecule has 0 spiro atoms. The van der Waals surface area contributed by atoms with Crippen molar-refractivity contribution in [2.75, 3.05) is 13.7 Å². The Kier molecular flexibility index (Phi) is 6.58. The number of benzene rings is 1. The average molecular weight is 270 g/mol. The fraction of sp³-hybridized carbons (Fsp3) is 0.500. The van der Waals surface area contributed by atoms with Gasteiger partial charge in [-0.25, -0.2) is 0 Å². The van der Waals surface area contributed by atoms with Gasteiger partial charge in [-0.2, -0.15) is 0 Å². The van der Waals surface area contributed by atoms with Gasteiger partial charge in [-0.15, -0.1) is 0 Å². The van der Waals surface area contributed by atoms with Crippen LogP contribution in [-0.2, 0) is 11.2 Å². The number of hydrogen-bond donors (Lipinski definition) is 1. The third kappa shape index (κ3) is 4.96. The molecule has 0 saturated carbocycles. The van der Waals surface area contributed by atoms with Crippen molar-refractivity contribution in [2.24, 2.45) is 0 Å². The van der Waals surface area contributed by atoms with E-state index >= 15 is 0 Å².